The number of benzene rings is 3. The molecule has 1 nitrogen and oxygen atoms in total. The van der Waals surface area contributed by atoms with Crippen molar-refractivity contribution in [1.82, 2.24) is 4.57 Å². The van der Waals surface area contributed by atoms with Gasteiger partial charge in [-0.25, -0.2) is 4.39 Å². The van der Waals surface area contributed by atoms with Gasteiger partial charge in [0.2, 0.25) is 0 Å². The van der Waals surface area contributed by atoms with Crippen LogP contribution in [0.1, 0.15) is 24.1 Å². The summed E-state index contributed by atoms with van der Waals surface area (Å²) in [5.74, 6) is 0.0907. The summed E-state index contributed by atoms with van der Waals surface area (Å²) in [5.41, 5.74) is 8.44. The van der Waals surface area contributed by atoms with Gasteiger partial charge in [-0.1, -0.05) is 67.6 Å². The fraction of sp³-hybridized carbons (Fsp3) is 0.0833. The quantitative estimate of drug-likeness (QED) is 0.397. The van der Waals surface area contributed by atoms with E-state index in [0.717, 1.165) is 5.56 Å². The van der Waals surface area contributed by atoms with Crippen LogP contribution in [-0.2, 0) is 0 Å². The summed E-state index contributed by atoms with van der Waals surface area (Å²) in [4.78, 5) is 0. The second-order valence-electron chi connectivity index (χ2n) is 6.82. The third-order valence-corrected chi connectivity index (χ3v) is 5.32. The molecule has 0 fully saturated rings. The summed E-state index contributed by atoms with van der Waals surface area (Å²) in [6.07, 6.45) is 0. The molecule has 3 aromatic carbocycles. The van der Waals surface area contributed by atoms with Gasteiger partial charge >= 0.3 is 0 Å². The Morgan fingerprint density at radius 2 is 1.46 bits per heavy atom. The first-order valence-electron chi connectivity index (χ1n) is 8.90. The van der Waals surface area contributed by atoms with Crippen LogP contribution in [0.2, 0.25) is 0 Å². The van der Waals surface area contributed by atoms with Crippen LogP contribution in [0, 0.1) is 5.82 Å². The van der Waals surface area contributed by atoms with Gasteiger partial charge in [0.05, 0.1) is 5.69 Å². The van der Waals surface area contributed by atoms with Crippen molar-refractivity contribution in [1.29, 1.82) is 0 Å². The molecule has 26 heavy (non-hydrogen) atoms. The van der Waals surface area contributed by atoms with Gasteiger partial charge in [-0.3, -0.25) is 0 Å². The minimum atomic E-state index is -0.204. The summed E-state index contributed by atoms with van der Waals surface area (Å²) in [6, 6.07) is 28.1. The van der Waals surface area contributed by atoms with E-state index in [-0.39, 0.29) is 5.82 Å². The van der Waals surface area contributed by atoms with Crippen LogP contribution < -0.4 is 0 Å². The molecule has 0 N–H and O–H groups in total. The van der Waals surface area contributed by atoms with Crippen LogP contribution in [0.5, 0.6) is 0 Å². The Bertz CT molecular complexity index is 1090. The van der Waals surface area contributed by atoms with E-state index in [9.17, 15) is 4.39 Å². The van der Waals surface area contributed by atoms with Gasteiger partial charge in [0.25, 0.3) is 0 Å². The van der Waals surface area contributed by atoms with E-state index in [1.165, 1.54) is 45.9 Å². The number of halogens is 1. The molecule has 2 heterocycles. The molecule has 1 unspecified atom stereocenters. The summed E-state index contributed by atoms with van der Waals surface area (Å²) in [7, 11) is 0. The molecule has 1 atom stereocenters. The first-order valence-corrected chi connectivity index (χ1v) is 8.90. The number of nitrogens with zero attached hydrogens (tertiary/aromatic N) is 1. The Morgan fingerprint density at radius 3 is 2.23 bits per heavy atom. The van der Waals surface area contributed by atoms with Gasteiger partial charge in [0, 0.05) is 22.9 Å². The summed E-state index contributed by atoms with van der Waals surface area (Å²) >= 11 is 0. The normalized spacial score (nSPS) is 14.9. The Balaban J connectivity index is 1.82. The maximum Gasteiger partial charge on any atom is 0.123 e. The number of aromatic nitrogens is 1. The molecule has 0 amide bonds. The third-order valence-electron chi connectivity index (χ3n) is 5.32. The monoisotopic (exact) mass is 339 g/mol. The van der Waals surface area contributed by atoms with Crippen molar-refractivity contribution in [3.05, 3.63) is 102 Å². The maximum atomic E-state index is 13.4. The minimum absolute atomic E-state index is 0.204. The van der Waals surface area contributed by atoms with Gasteiger partial charge < -0.3 is 4.57 Å². The summed E-state index contributed by atoms with van der Waals surface area (Å²) < 4.78 is 15.8. The van der Waals surface area contributed by atoms with E-state index < -0.39 is 0 Å². The molecule has 0 spiro atoms. The highest BCUT2D eigenvalue weighted by atomic mass is 19.1. The van der Waals surface area contributed by atoms with E-state index in [1.807, 2.05) is 18.2 Å². The molecule has 0 saturated heterocycles. The van der Waals surface area contributed by atoms with E-state index in [1.54, 1.807) is 0 Å². The second kappa shape index (κ2) is 5.70. The fourth-order valence-corrected chi connectivity index (χ4v) is 4.10. The topological polar surface area (TPSA) is 4.93 Å². The molecule has 0 saturated carbocycles. The van der Waals surface area contributed by atoms with Crippen molar-refractivity contribution in [2.45, 2.75) is 12.8 Å². The van der Waals surface area contributed by atoms with Crippen molar-refractivity contribution >= 4 is 0 Å². The molecule has 0 radical (unpaired) electrons. The molecular weight excluding hydrogens is 321 g/mol. The van der Waals surface area contributed by atoms with Crippen molar-refractivity contribution in [2.75, 3.05) is 0 Å². The molecule has 0 bridgehead atoms. The van der Waals surface area contributed by atoms with Crippen LogP contribution in [0.4, 0.5) is 4.39 Å². The lowest BCUT2D eigenvalue weighted by Crippen LogP contribution is -1.96. The highest BCUT2D eigenvalue weighted by molar-refractivity contribution is 5.80. The van der Waals surface area contributed by atoms with Crippen LogP contribution in [0.15, 0.2) is 84.9 Å². The first kappa shape index (κ1) is 15.2. The summed E-state index contributed by atoms with van der Waals surface area (Å²) in [6.45, 7) is 2.25. The van der Waals surface area contributed by atoms with E-state index in [2.05, 4.69) is 66.1 Å². The van der Waals surface area contributed by atoms with Gasteiger partial charge in [0.1, 0.15) is 5.82 Å². The zero-order valence-electron chi connectivity index (χ0n) is 14.5. The molecular formula is C24H18FN. The van der Waals surface area contributed by atoms with Crippen LogP contribution in [-0.4, -0.2) is 4.57 Å². The first-order chi connectivity index (χ1) is 12.7. The lowest BCUT2D eigenvalue weighted by atomic mass is 9.94. The Kier molecular flexibility index (Phi) is 3.32. The van der Waals surface area contributed by atoms with Gasteiger partial charge in [-0.2, -0.15) is 0 Å². The van der Waals surface area contributed by atoms with E-state index >= 15 is 0 Å². The van der Waals surface area contributed by atoms with Crippen molar-refractivity contribution < 1.29 is 4.39 Å². The molecule has 5 rings (SSSR count). The number of hydrogen-bond acceptors (Lipinski definition) is 0. The Morgan fingerprint density at radius 1 is 0.769 bits per heavy atom. The largest absolute Gasteiger partial charge is 0.312 e. The molecule has 1 aromatic heterocycles. The number of fused-ring (bicyclic) bond motifs is 3. The van der Waals surface area contributed by atoms with Gasteiger partial charge in [0.15, 0.2) is 0 Å². The van der Waals surface area contributed by atoms with Crippen LogP contribution in [0.25, 0.3) is 28.1 Å². The third kappa shape index (κ3) is 2.15. The molecule has 1 aliphatic rings. The highest BCUT2D eigenvalue weighted by Crippen LogP contribution is 2.47. The van der Waals surface area contributed by atoms with E-state index in [4.69, 9.17) is 0 Å². The van der Waals surface area contributed by atoms with Crippen molar-refractivity contribution in [3.63, 3.8) is 0 Å². The van der Waals surface area contributed by atoms with Crippen molar-refractivity contribution in [3.8, 4) is 28.1 Å². The second-order valence-corrected chi connectivity index (χ2v) is 6.82. The Hall–Kier alpha value is -3.13. The lowest BCUT2D eigenvalue weighted by Gasteiger charge is -2.08. The molecule has 4 aromatic rings. The zero-order chi connectivity index (χ0) is 17.7. The highest BCUT2D eigenvalue weighted by Gasteiger charge is 2.31. The molecule has 2 heteroatoms. The number of para-hydroxylation sites is 1. The Labute approximate surface area is 152 Å². The smallest absolute Gasteiger partial charge is 0.123 e. The predicted octanol–water partition coefficient (Wildman–Crippen LogP) is 6.42. The average Bonchev–Trinajstić information content (AvgIpc) is 3.21. The van der Waals surface area contributed by atoms with Crippen LogP contribution in [0.3, 0.4) is 0 Å². The van der Waals surface area contributed by atoms with Crippen LogP contribution >= 0.6 is 0 Å². The van der Waals surface area contributed by atoms with E-state index in [0.29, 0.717) is 5.92 Å². The maximum absolute atomic E-state index is 13.4. The number of hydrogen-bond donors (Lipinski definition) is 0. The molecule has 1 aliphatic heterocycles. The average molecular weight is 339 g/mol. The zero-order valence-corrected chi connectivity index (χ0v) is 14.5. The fourth-order valence-electron chi connectivity index (χ4n) is 4.10. The van der Waals surface area contributed by atoms with Gasteiger partial charge in [-0.05, 0) is 41.0 Å². The predicted molar refractivity (Wildman–Crippen MR) is 104 cm³/mol. The SMILES string of the molecule is CC1c2ccccc2-n2c(-c3ccccc3)cc(-c3ccc(F)cc3)c21. The standard InChI is InChI=1S/C24H18FN/c1-16-20-9-5-6-10-22(20)26-23(18-7-3-2-4-8-18)15-21(24(16)26)17-11-13-19(25)14-12-17/h2-16H,1H3. The minimum Gasteiger partial charge on any atom is -0.312 e. The van der Waals surface area contributed by atoms with Gasteiger partial charge in [-0.15, -0.1) is 0 Å². The number of rotatable bonds is 2. The molecule has 0 aliphatic carbocycles. The van der Waals surface area contributed by atoms with Crippen molar-refractivity contribution in [2.24, 2.45) is 0 Å². The molecule has 126 valence electrons. The lowest BCUT2D eigenvalue weighted by molar-refractivity contribution is 0.628. The summed E-state index contributed by atoms with van der Waals surface area (Å²) in [5, 5.41) is 0.